The summed E-state index contributed by atoms with van der Waals surface area (Å²) in [6.45, 7) is 13.2. The van der Waals surface area contributed by atoms with Crippen molar-refractivity contribution < 1.29 is 4.74 Å². The molecule has 0 amide bonds. The van der Waals surface area contributed by atoms with E-state index in [0.29, 0.717) is 6.04 Å². The third kappa shape index (κ3) is 5.14. The zero-order valence-corrected chi connectivity index (χ0v) is 13.7. The van der Waals surface area contributed by atoms with Gasteiger partial charge in [0.05, 0.1) is 7.11 Å². The van der Waals surface area contributed by atoms with E-state index in [4.69, 9.17) is 4.74 Å². The number of rotatable bonds is 9. The predicted molar refractivity (Wildman–Crippen MR) is 86.6 cm³/mol. The summed E-state index contributed by atoms with van der Waals surface area (Å²) in [5, 5.41) is 3.60. The molecule has 1 aromatic carbocycles. The lowest BCUT2D eigenvalue weighted by Crippen LogP contribution is -2.28. The highest BCUT2D eigenvalue weighted by atomic mass is 16.5. The summed E-state index contributed by atoms with van der Waals surface area (Å²) in [4.78, 5) is 2.46. The van der Waals surface area contributed by atoms with Crippen LogP contribution in [0.4, 0.5) is 0 Å². The molecule has 20 heavy (non-hydrogen) atoms. The normalized spacial score (nSPS) is 12.7. The van der Waals surface area contributed by atoms with Crippen molar-refractivity contribution in [1.29, 1.82) is 0 Å². The molecule has 1 N–H and O–H groups in total. The maximum absolute atomic E-state index is 5.45. The number of methoxy groups -OCH3 is 1. The van der Waals surface area contributed by atoms with Gasteiger partial charge in [0.25, 0.3) is 0 Å². The summed E-state index contributed by atoms with van der Waals surface area (Å²) in [7, 11) is 1.74. The van der Waals surface area contributed by atoms with Crippen molar-refractivity contribution in [1.82, 2.24) is 10.2 Å². The van der Waals surface area contributed by atoms with Gasteiger partial charge in [-0.05, 0) is 52.5 Å². The standard InChI is InChI=1S/C17H30N2O/c1-6-19(7-2)12-8-11-18-15(4)16-13-14(3)9-10-17(16)20-5/h9-10,13,15,18H,6-8,11-12H2,1-5H3. The molecule has 0 aromatic heterocycles. The molecule has 3 nitrogen and oxygen atoms in total. The minimum atomic E-state index is 0.321. The molecule has 0 bridgehead atoms. The summed E-state index contributed by atoms with van der Waals surface area (Å²) < 4.78 is 5.45. The SMILES string of the molecule is CCN(CC)CCCNC(C)c1cc(C)ccc1OC. The number of benzene rings is 1. The van der Waals surface area contributed by atoms with Crippen molar-refractivity contribution >= 4 is 0 Å². The Morgan fingerprint density at radius 2 is 1.95 bits per heavy atom. The maximum Gasteiger partial charge on any atom is 0.123 e. The Kier molecular flexibility index (Phi) is 7.63. The van der Waals surface area contributed by atoms with Crippen LogP contribution in [0, 0.1) is 6.92 Å². The molecule has 0 aliphatic heterocycles. The van der Waals surface area contributed by atoms with Gasteiger partial charge in [0.2, 0.25) is 0 Å². The van der Waals surface area contributed by atoms with Gasteiger partial charge >= 0.3 is 0 Å². The number of aryl methyl sites for hydroxylation is 1. The van der Waals surface area contributed by atoms with Crippen LogP contribution in [-0.4, -0.2) is 38.2 Å². The van der Waals surface area contributed by atoms with Crippen LogP contribution in [0.2, 0.25) is 0 Å². The first-order chi connectivity index (χ1) is 9.62. The van der Waals surface area contributed by atoms with Gasteiger partial charge in [-0.15, -0.1) is 0 Å². The van der Waals surface area contributed by atoms with Gasteiger partial charge in [-0.1, -0.05) is 31.5 Å². The first-order valence-electron chi connectivity index (χ1n) is 7.72. The molecule has 0 spiro atoms. The Bertz CT molecular complexity index is 389. The lowest BCUT2D eigenvalue weighted by Gasteiger charge is -2.20. The molecule has 1 atom stereocenters. The van der Waals surface area contributed by atoms with Gasteiger partial charge in [0, 0.05) is 11.6 Å². The van der Waals surface area contributed by atoms with E-state index in [1.807, 2.05) is 0 Å². The highest BCUT2D eigenvalue weighted by Gasteiger charge is 2.11. The summed E-state index contributed by atoms with van der Waals surface area (Å²) in [6.07, 6.45) is 1.18. The van der Waals surface area contributed by atoms with Crippen LogP contribution in [-0.2, 0) is 0 Å². The second-order valence-electron chi connectivity index (χ2n) is 5.30. The monoisotopic (exact) mass is 278 g/mol. The van der Waals surface area contributed by atoms with Crippen LogP contribution in [0.5, 0.6) is 5.75 Å². The van der Waals surface area contributed by atoms with E-state index in [1.165, 1.54) is 17.5 Å². The Morgan fingerprint density at radius 1 is 1.25 bits per heavy atom. The molecule has 0 heterocycles. The first kappa shape index (κ1) is 17.0. The second kappa shape index (κ2) is 8.98. The minimum absolute atomic E-state index is 0.321. The zero-order chi connectivity index (χ0) is 15.0. The predicted octanol–water partition coefficient (Wildman–Crippen LogP) is 3.39. The number of nitrogens with one attached hydrogen (secondary N) is 1. The van der Waals surface area contributed by atoms with Crippen LogP contribution < -0.4 is 10.1 Å². The van der Waals surface area contributed by atoms with Crippen molar-refractivity contribution in [3.05, 3.63) is 29.3 Å². The maximum atomic E-state index is 5.45. The molecule has 1 unspecified atom stereocenters. The van der Waals surface area contributed by atoms with Crippen LogP contribution in [0.3, 0.4) is 0 Å². The summed E-state index contributed by atoms with van der Waals surface area (Å²) >= 11 is 0. The average Bonchev–Trinajstić information content (AvgIpc) is 2.47. The smallest absolute Gasteiger partial charge is 0.123 e. The summed E-state index contributed by atoms with van der Waals surface area (Å²) in [5.74, 6) is 0.972. The Labute approximate surface area is 124 Å². The van der Waals surface area contributed by atoms with Gasteiger partial charge in [-0.3, -0.25) is 0 Å². The molecule has 0 saturated carbocycles. The molecule has 0 fully saturated rings. The van der Waals surface area contributed by atoms with E-state index in [1.54, 1.807) is 7.11 Å². The van der Waals surface area contributed by atoms with E-state index < -0.39 is 0 Å². The molecule has 0 aliphatic rings. The zero-order valence-electron chi connectivity index (χ0n) is 13.7. The van der Waals surface area contributed by atoms with Crippen molar-refractivity contribution in [2.75, 3.05) is 33.3 Å². The van der Waals surface area contributed by atoms with Crippen molar-refractivity contribution in [3.63, 3.8) is 0 Å². The molecule has 1 rings (SSSR count). The van der Waals surface area contributed by atoms with Gasteiger partial charge in [-0.2, -0.15) is 0 Å². The van der Waals surface area contributed by atoms with E-state index in [-0.39, 0.29) is 0 Å². The van der Waals surface area contributed by atoms with Crippen LogP contribution in [0.15, 0.2) is 18.2 Å². The number of nitrogens with zero attached hydrogens (tertiary/aromatic N) is 1. The summed E-state index contributed by atoms with van der Waals surface area (Å²) in [5.41, 5.74) is 2.52. The molecule has 0 radical (unpaired) electrons. The fourth-order valence-electron chi connectivity index (χ4n) is 2.46. The highest BCUT2D eigenvalue weighted by molar-refractivity contribution is 5.38. The fourth-order valence-corrected chi connectivity index (χ4v) is 2.46. The van der Waals surface area contributed by atoms with E-state index in [0.717, 1.165) is 31.9 Å². The van der Waals surface area contributed by atoms with Crippen molar-refractivity contribution in [3.8, 4) is 5.75 Å². The third-order valence-electron chi connectivity index (χ3n) is 3.85. The lowest BCUT2D eigenvalue weighted by atomic mass is 10.0. The van der Waals surface area contributed by atoms with Crippen molar-refractivity contribution in [2.24, 2.45) is 0 Å². The van der Waals surface area contributed by atoms with Gasteiger partial charge < -0.3 is 15.0 Å². The molecule has 0 aliphatic carbocycles. The topological polar surface area (TPSA) is 24.5 Å². The Hall–Kier alpha value is -1.06. The molecular weight excluding hydrogens is 248 g/mol. The van der Waals surface area contributed by atoms with Crippen LogP contribution in [0.25, 0.3) is 0 Å². The third-order valence-corrected chi connectivity index (χ3v) is 3.85. The number of hydrogen-bond acceptors (Lipinski definition) is 3. The largest absolute Gasteiger partial charge is 0.496 e. The van der Waals surface area contributed by atoms with Crippen molar-refractivity contribution in [2.45, 2.75) is 40.2 Å². The van der Waals surface area contributed by atoms with E-state index in [2.05, 4.69) is 56.1 Å². The highest BCUT2D eigenvalue weighted by Crippen LogP contribution is 2.25. The number of ether oxygens (including phenoxy) is 1. The van der Waals surface area contributed by atoms with Gasteiger partial charge in [0.1, 0.15) is 5.75 Å². The molecule has 0 saturated heterocycles. The minimum Gasteiger partial charge on any atom is -0.496 e. The molecule has 1 aromatic rings. The van der Waals surface area contributed by atoms with Gasteiger partial charge in [-0.25, -0.2) is 0 Å². The molecule has 3 heteroatoms. The van der Waals surface area contributed by atoms with Crippen LogP contribution >= 0.6 is 0 Å². The summed E-state index contributed by atoms with van der Waals surface area (Å²) in [6, 6.07) is 6.68. The Morgan fingerprint density at radius 3 is 2.55 bits per heavy atom. The molecule has 114 valence electrons. The van der Waals surface area contributed by atoms with Crippen LogP contribution in [0.1, 0.15) is 44.4 Å². The molecular formula is C17H30N2O. The Balaban J connectivity index is 2.46. The fraction of sp³-hybridized carbons (Fsp3) is 0.647. The van der Waals surface area contributed by atoms with E-state index >= 15 is 0 Å². The van der Waals surface area contributed by atoms with E-state index in [9.17, 15) is 0 Å². The first-order valence-corrected chi connectivity index (χ1v) is 7.72. The second-order valence-corrected chi connectivity index (χ2v) is 5.30. The average molecular weight is 278 g/mol. The quantitative estimate of drug-likeness (QED) is 0.701. The number of hydrogen-bond donors (Lipinski definition) is 1. The van der Waals surface area contributed by atoms with Gasteiger partial charge in [0.15, 0.2) is 0 Å². The lowest BCUT2D eigenvalue weighted by molar-refractivity contribution is 0.296.